The summed E-state index contributed by atoms with van der Waals surface area (Å²) in [6.07, 6.45) is 1.75. The van der Waals surface area contributed by atoms with E-state index in [9.17, 15) is 0 Å². The Kier molecular flexibility index (Phi) is 3.41. The molecule has 1 heterocycles. The number of nitrogens with one attached hydrogen (secondary N) is 1. The number of methoxy groups -OCH3 is 1. The highest BCUT2D eigenvalue weighted by Crippen LogP contribution is 2.24. The van der Waals surface area contributed by atoms with Gasteiger partial charge in [0.1, 0.15) is 11.6 Å². The van der Waals surface area contributed by atoms with Gasteiger partial charge in [-0.2, -0.15) is 0 Å². The summed E-state index contributed by atoms with van der Waals surface area (Å²) in [6.45, 7) is 0. The summed E-state index contributed by atoms with van der Waals surface area (Å²) in [7, 11) is 1.65. The molecule has 3 nitrogen and oxygen atoms in total. The van der Waals surface area contributed by atoms with Crippen LogP contribution in [-0.2, 0) is 0 Å². The van der Waals surface area contributed by atoms with Crippen LogP contribution >= 0.6 is 15.9 Å². The molecule has 0 aliphatic rings. The molecule has 1 N–H and O–H groups in total. The van der Waals surface area contributed by atoms with Crippen molar-refractivity contribution in [2.45, 2.75) is 0 Å². The summed E-state index contributed by atoms with van der Waals surface area (Å²) in [5.74, 6) is 1.64. The van der Waals surface area contributed by atoms with Crippen LogP contribution in [0.15, 0.2) is 47.1 Å². The van der Waals surface area contributed by atoms with Gasteiger partial charge in [0.2, 0.25) is 0 Å². The van der Waals surface area contributed by atoms with Crippen LogP contribution in [0, 0.1) is 0 Å². The van der Waals surface area contributed by atoms with Crippen LogP contribution in [0.2, 0.25) is 0 Å². The van der Waals surface area contributed by atoms with Crippen LogP contribution in [0.5, 0.6) is 5.75 Å². The third-order valence-electron chi connectivity index (χ3n) is 2.11. The second-order valence-electron chi connectivity index (χ2n) is 3.19. The third-order valence-corrected chi connectivity index (χ3v) is 2.75. The number of benzene rings is 1. The van der Waals surface area contributed by atoms with Crippen molar-refractivity contribution in [1.82, 2.24) is 4.98 Å². The number of ether oxygens (including phenoxy) is 1. The molecule has 0 aliphatic heterocycles. The third kappa shape index (κ3) is 2.52. The van der Waals surface area contributed by atoms with E-state index in [2.05, 4.69) is 26.2 Å². The quantitative estimate of drug-likeness (QED) is 0.932. The van der Waals surface area contributed by atoms with E-state index in [1.165, 1.54) is 0 Å². The van der Waals surface area contributed by atoms with Gasteiger partial charge >= 0.3 is 0 Å². The van der Waals surface area contributed by atoms with Crippen LogP contribution in [0.25, 0.3) is 0 Å². The van der Waals surface area contributed by atoms with Crippen molar-refractivity contribution >= 4 is 27.4 Å². The predicted molar refractivity (Wildman–Crippen MR) is 68.2 cm³/mol. The molecule has 0 aliphatic carbocycles. The molecule has 0 bridgehead atoms. The van der Waals surface area contributed by atoms with Crippen molar-refractivity contribution in [2.75, 3.05) is 12.4 Å². The molecule has 0 atom stereocenters. The van der Waals surface area contributed by atoms with Crippen molar-refractivity contribution < 1.29 is 4.74 Å². The zero-order valence-electron chi connectivity index (χ0n) is 8.77. The smallest absolute Gasteiger partial charge is 0.144 e. The minimum absolute atomic E-state index is 0.799. The van der Waals surface area contributed by atoms with Gasteiger partial charge in [-0.25, -0.2) is 4.98 Å². The van der Waals surface area contributed by atoms with Gasteiger partial charge in [-0.1, -0.05) is 0 Å². The van der Waals surface area contributed by atoms with E-state index < -0.39 is 0 Å². The average Bonchev–Trinajstić information content (AvgIpc) is 2.33. The van der Waals surface area contributed by atoms with Crippen LogP contribution in [0.4, 0.5) is 11.5 Å². The maximum Gasteiger partial charge on any atom is 0.144 e. The van der Waals surface area contributed by atoms with Crippen LogP contribution in [-0.4, -0.2) is 12.1 Å². The number of hydrogen-bond acceptors (Lipinski definition) is 3. The van der Waals surface area contributed by atoms with E-state index >= 15 is 0 Å². The summed E-state index contributed by atoms with van der Waals surface area (Å²) in [4.78, 5) is 4.23. The molecule has 0 saturated carbocycles. The molecular weight excluding hydrogens is 268 g/mol. The average molecular weight is 279 g/mol. The Balaban J connectivity index is 2.18. The van der Waals surface area contributed by atoms with Crippen molar-refractivity contribution in [2.24, 2.45) is 0 Å². The molecule has 82 valence electrons. The number of nitrogens with zero attached hydrogens (tertiary/aromatic N) is 1. The molecule has 2 rings (SSSR count). The number of anilines is 2. The lowest BCUT2D eigenvalue weighted by Gasteiger charge is -2.07. The highest BCUT2D eigenvalue weighted by atomic mass is 79.9. The zero-order valence-corrected chi connectivity index (χ0v) is 10.4. The largest absolute Gasteiger partial charge is 0.497 e. The second kappa shape index (κ2) is 4.99. The van der Waals surface area contributed by atoms with Gasteiger partial charge in [-0.05, 0) is 52.3 Å². The summed E-state index contributed by atoms with van der Waals surface area (Å²) >= 11 is 3.43. The summed E-state index contributed by atoms with van der Waals surface area (Å²) in [6, 6.07) is 11.5. The molecule has 0 radical (unpaired) electrons. The fraction of sp³-hybridized carbons (Fsp3) is 0.0833. The van der Waals surface area contributed by atoms with Gasteiger partial charge in [0.05, 0.1) is 11.6 Å². The Morgan fingerprint density at radius 1 is 1.19 bits per heavy atom. The summed E-state index contributed by atoms with van der Waals surface area (Å²) < 4.78 is 6.03. The normalized spacial score (nSPS) is 9.88. The number of pyridine rings is 1. The lowest BCUT2D eigenvalue weighted by Crippen LogP contribution is -1.94. The van der Waals surface area contributed by atoms with Crippen molar-refractivity contribution in [3.05, 3.63) is 47.1 Å². The van der Waals surface area contributed by atoms with E-state index in [0.717, 1.165) is 21.7 Å². The van der Waals surface area contributed by atoms with Crippen molar-refractivity contribution in [3.8, 4) is 5.75 Å². The highest BCUT2D eigenvalue weighted by Gasteiger charge is 2.00. The van der Waals surface area contributed by atoms with E-state index in [-0.39, 0.29) is 0 Å². The number of rotatable bonds is 3. The monoisotopic (exact) mass is 278 g/mol. The van der Waals surface area contributed by atoms with E-state index in [1.807, 2.05) is 36.4 Å². The van der Waals surface area contributed by atoms with Crippen LogP contribution in [0.1, 0.15) is 0 Å². The van der Waals surface area contributed by atoms with Crippen molar-refractivity contribution in [1.29, 1.82) is 0 Å². The van der Waals surface area contributed by atoms with E-state index in [1.54, 1.807) is 13.3 Å². The first-order valence-corrected chi connectivity index (χ1v) is 5.60. The Bertz CT molecular complexity index is 471. The summed E-state index contributed by atoms with van der Waals surface area (Å²) in [5.41, 5.74) is 0.972. The number of aromatic nitrogens is 1. The first kappa shape index (κ1) is 11.0. The van der Waals surface area contributed by atoms with Gasteiger partial charge in [-0.3, -0.25) is 0 Å². The van der Waals surface area contributed by atoms with Gasteiger partial charge in [0, 0.05) is 11.9 Å². The van der Waals surface area contributed by atoms with E-state index in [4.69, 9.17) is 4.74 Å². The lowest BCUT2D eigenvalue weighted by atomic mass is 10.3. The van der Waals surface area contributed by atoms with Gasteiger partial charge in [0.15, 0.2) is 0 Å². The molecule has 0 unspecified atom stereocenters. The van der Waals surface area contributed by atoms with Gasteiger partial charge in [-0.15, -0.1) is 0 Å². The van der Waals surface area contributed by atoms with E-state index in [0.29, 0.717) is 0 Å². The Labute approximate surface area is 103 Å². The Morgan fingerprint density at radius 2 is 1.94 bits per heavy atom. The second-order valence-corrected chi connectivity index (χ2v) is 4.04. The molecule has 0 fully saturated rings. The molecule has 16 heavy (non-hydrogen) atoms. The van der Waals surface area contributed by atoms with Gasteiger partial charge in [0.25, 0.3) is 0 Å². The minimum atomic E-state index is 0.799. The molecule has 1 aromatic carbocycles. The standard InChI is InChI=1S/C12H11BrN2O/c1-16-10-6-4-9(5-7-10)15-12-11(13)3-2-8-14-12/h2-8H,1H3,(H,14,15). The Hall–Kier alpha value is -1.55. The molecule has 0 spiro atoms. The topological polar surface area (TPSA) is 34.1 Å². The first-order chi connectivity index (χ1) is 7.79. The maximum absolute atomic E-state index is 5.09. The minimum Gasteiger partial charge on any atom is -0.497 e. The zero-order chi connectivity index (χ0) is 11.4. The predicted octanol–water partition coefficient (Wildman–Crippen LogP) is 3.60. The maximum atomic E-state index is 5.09. The van der Waals surface area contributed by atoms with Gasteiger partial charge < -0.3 is 10.1 Å². The molecule has 4 heteroatoms. The Morgan fingerprint density at radius 3 is 2.56 bits per heavy atom. The fourth-order valence-electron chi connectivity index (χ4n) is 1.29. The number of hydrogen-bond donors (Lipinski definition) is 1. The van der Waals surface area contributed by atoms with Crippen LogP contribution < -0.4 is 10.1 Å². The molecule has 1 aromatic heterocycles. The van der Waals surface area contributed by atoms with Crippen molar-refractivity contribution in [3.63, 3.8) is 0 Å². The first-order valence-electron chi connectivity index (χ1n) is 4.81. The molecule has 0 amide bonds. The number of halogens is 1. The molecule has 0 saturated heterocycles. The SMILES string of the molecule is COc1ccc(Nc2ncccc2Br)cc1. The molecular formula is C12H11BrN2O. The highest BCUT2D eigenvalue weighted by molar-refractivity contribution is 9.10. The fourth-order valence-corrected chi connectivity index (χ4v) is 1.64. The molecule has 2 aromatic rings. The van der Waals surface area contributed by atoms with Crippen LogP contribution in [0.3, 0.4) is 0 Å². The lowest BCUT2D eigenvalue weighted by molar-refractivity contribution is 0.415. The summed E-state index contributed by atoms with van der Waals surface area (Å²) in [5, 5.41) is 3.21.